The number of thiazole rings is 1. The van der Waals surface area contributed by atoms with Crippen molar-refractivity contribution in [3.8, 4) is 5.75 Å². The highest BCUT2D eigenvalue weighted by atomic mass is 32.2. The number of rotatable bonds is 8. The molecule has 0 aliphatic rings. The quantitative estimate of drug-likeness (QED) is 0.724. The molecule has 0 aliphatic carbocycles. The first-order valence-electron chi connectivity index (χ1n) is 6.47. The number of hydrogen-bond acceptors (Lipinski definition) is 6. The van der Waals surface area contributed by atoms with Crippen LogP contribution in [0.25, 0.3) is 0 Å². The number of likely N-dealkylation sites (N-methyl/N-ethyl adjacent to an activating group) is 1. The normalized spacial score (nSPS) is 11.3. The van der Waals surface area contributed by atoms with Crippen LogP contribution in [0.15, 0.2) is 40.7 Å². The van der Waals surface area contributed by atoms with E-state index in [1.54, 1.807) is 23.7 Å². The lowest BCUT2D eigenvalue weighted by Gasteiger charge is -2.08. The lowest BCUT2D eigenvalue weighted by atomic mass is 10.3. The first-order chi connectivity index (χ1) is 10.1. The third-order valence-corrected chi connectivity index (χ3v) is 4.76. The molecule has 2 N–H and O–H groups in total. The van der Waals surface area contributed by atoms with Gasteiger partial charge in [0.05, 0.1) is 4.90 Å². The topological polar surface area (TPSA) is 80.3 Å². The molecule has 0 aliphatic heterocycles. The molecule has 0 saturated carbocycles. The molecule has 0 fully saturated rings. The lowest BCUT2D eigenvalue weighted by molar-refractivity contribution is 0.315. The minimum atomic E-state index is -3.60. The summed E-state index contributed by atoms with van der Waals surface area (Å²) in [6.45, 7) is 4.21. The van der Waals surface area contributed by atoms with Crippen molar-refractivity contribution in [3.63, 3.8) is 0 Å². The van der Waals surface area contributed by atoms with Crippen molar-refractivity contribution in [1.82, 2.24) is 10.3 Å². The van der Waals surface area contributed by atoms with Crippen molar-refractivity contribution < 1.29 is 13.2 Å². The van der Waals surface area contributed by atoms with E-state index >= 15 is 0 Å². The molecule has 0 spiro atoms. The Morgan fingerprint density at radius 2 is 2.05 bits per heavy atom. The molecule has 0 saturated heterocycles. The summed E-state index contributed by atoms with van der Waals surface area (Å²) < 4.78 is 32.1. The SMILES string of the molecule is CCNCCOc1ccc(S(=O)(=O)Nc2nccs2)cc1. The van der Waals surface area contributed by atoms with Crippen LogP contribution in [-0.4, -0.2) is 33.1 Å². The van der Waals surface area contributed by atoms with E-state index in [4.69, 9.17) is 4.74 Å². The molecule has 2 aromatic rings. The molecular weight excluding hydrogens is 310 g/mol. The molecule has 0 amide bonds. The van der Waals surface area contributed by atoms with Crippen LogP contribution in [0.3, 0.4) is 0 Å². The Morgan fingerprint density at radius 3 is 2.67 bits per heavy atom. The fourth-order valence-electron chi connectivity index (χ4n) is 1.58. The zero-order chi connectivity index (χ0) is 15.1. The summed E-state index contributed by atoms with van der Waals surface area (Å²) in [5.74, 6) is 0.640. The molecule has 8 heteroatoms. The average molecular weight is 327 g/mol. The largest absolute Gasteiger partial charge is 0.492 e. The van der Waals surface area contributed by atoms with Gasteiger partial charge in [-0.25, -0.2) is 13.4 Å². The number of aromatic nitrogens is 1. The number of hydrogen-bond donors (Lipinski definition) is 2. The van der Waals surface area contributed by atoms with E-state index < -0.39 is 10.0 Å². The second-order valence-electron chi connectivity index (χ2n) is 4.12. The van der Waals surface area contributed by atoms with Crippen LogP contribution in [0.4, 0.5) is 5.13 Å². The van der Waals surface area contributed by atoms with E-state index in [2.05, 4.69) is 15.0 Å². The van der Waals surface area contributed by atoms with Crippen LogP contribution >= 0.6 is 11.3 Å². The molecule has 0 atom stereocenters. The maximum atomic E-state index is 12.1. The molecule has 0 radical (unpaired) electrons. The van der Waals surface area contributed by atoms with Gasteiger partial charge in [-0.05, 0) is 30.8 Å². The van der Waals surface area contributed by atoms with Gasteiger partial charge in [0.2, 0.25) is 0 Å². The summed E-state index contributed by atoms with van der Waals surface area (Å²) >= 11 is 1.23. The van der Waals surface area contributed by atoms with Crippen molar-refractivity contribution in [1.29, 1.82) is 0 Å². The Labute approximate surface area is 128 Å². The minimum Gasteiger partial charge on any atom is -0.492 e. The molecule has 1 aromatic carbocycles. The van der Waals surface area contributed by atoms with Crippen LogP contribution in [0.2, 0.25) is 0 Å². The van der Waals surface area contributed by atoms with Crippen LogP contribution in [0.5, 0.6) is 5.75 Å². The number of nitrogens with zero attached hydrogens (tertiary/aromatic N) is 1. The monoisotopic (exact) mass is 327 g/mol. The number of sulfonamides is 1. The summed E-state index contributed by atoms with van der Waals surface area (Å²) in [5, 5.41) is 5.20. The summed E-state index contributed by atoms with van der Waals surface area (Å²) in [5.41, 5.74) is 0. The van der Waals surface area contributed by atoms with E-state index in [9.17, 15) is 8.42 Å². The Kier molecular flexibility index (Phi) is 5.54. The van der Waals surface area contributed by atoms with Crippen molar-refractivity contribution >= 4 is 26.5 Å². The number of benzene rings is 1. The first kappa shape index (κ1) is 15.7. The van der Waals surface area contributed by atoms with E-state index in [0.29, 0.717) is 17.5 Å². The molecule has 1 aromatic heterocycles. The van der Waals surface area contributed by atoms with E-state index in [0.717, 1.165) is 13.1 Å². The van der Waals surface area contributed by atoms with Crippen LogP contribution in [0.1, 0.15) is 6.92 Å². The molecule has 0 bridgehead atoms. The van der Waals surface area contributed by atoms with Gasteiger partial charge in [0.1, 0.15) is 12.4 Å². The van der Waals surface area contributed by atoms with Crippen molar-refractivity contribution in [2.75, 3.05) is 24.4 Å². The highest BCUT2D eigenvalue weighted by Crippen LogP contribution is 2.20. The Morgan fingerprint density at radius 1 is 1.29 bits per heavy atom. The van der Waals surface area contributed by atoms with Gasteiger partial charge in [0.25, 0.3) is 10.0 Å². The van der Waals surface area contributed by atoms with Gasteiger partial charge < -0.3 is 10.1 Å². The summed E-state index contributed by atoms with van der Waals surface area (Å²) in [4.78, 5) is 4.08. The zero-order valence-electron chi connectivity index (χ0n) is 11.6. The smallest absolute Gasteiger partial charge is 0.263 e. The Hall–Kier alpha value is -1.64. The highest BCUT2D eigenvalue weighted by molar-refractivity contribution is 7.93. The molecule has 6 nitrogen and oxygen atoms in total. The van der Waals surface area contributed by atoms with E-state index in [1.807, 2.05) is 6.92 Å². The van der Waals surface area contributed by atoms with Crippen LogP contribution in [0, 0.1) is 0 Å². The predicted molar refractivity (Wildman–Crippen MR) is 83.4 cm³/mol. The average Bonchev–Trinajstić information content (AvgIpc) is 2.96. The van der Waals surface area contributed by atoms with Gasteiger partial charge in [0.15, 0.2) is 5.13 Å². The zero-order valence-corrected chi connectivity index (χ0v) is 13.2. The number of nitrogens with one attached hydrogen (secondary N) is 2. The summed E-state index contributed by atoms with van der Waals surface area (Å²) in [7, 11) is -3.60. The van der Waals surface area contributed by atoms with Gasteiger partial charge >= 0.3 is 0 Å². The third kappa shape index (κ3) is 4.69. The lowest BCUT2D eigenvalue weighted by Crippen LogP contribution is -2.20. The van der Waals surface area contributed by atoms with Gasteiger partial charge in [-0.1, -0.05) is 6.92 Å². The number of ether oxygens (including phenoxy) is 1. The molecule has 2 rings (SSSR count). The fourth-order valence-corrected chi connectivity index (χ4v) is 3.37. The predicted octanol–water partition coefficient (Wildman–Crippen LogP) is 1.93. The van der Waals surface area contributed by atoms with Gasteiger partial charge in [0, 0.05) is 18.1 Å². The van der Waals surface area contributed by atoms with E-state index in [-0.39, 0.29) is 4.90 Å². The third-order valence-electron chi connectivity index (χ3n) is 2.59. The van der Waals surface area contributed by atoms with Crippen molar-refractivity contribution in [2.24, 2.45) is 0 Å². The second-order valence-corrected chi connectivity index (χ2v) is 6.69. The van der Waals surface area contributed by atoms with Gasteiger partial charge in [-0.2, -0.15) is 0 Å². The van der Waals surface area contributed by atoms with E-state index in [1.165, 1.54) is 23.5 Å². The van der Waals surface area contributed by atoms with Gasteiger partial charge in [-0.3, -0.25) is 4.72 Å². The molecule has 0 unspecified atom stereocenters. The maximum Gasteiger partial charge on any atom is 0.263 e. The Bertz CT molecular complexity index is 640. The van der Waals surface area contributed by atoms with Crippen LogP contribution in [-0.2, 0) is 10.0 Å². The van der Waals surface area contributed by atoms with Crippen LogP contribution < -0.4 is 14.8 Å². The number of anilines is 1. The molecule has 1 heterocycles. The summed E-state index contributed by atoms with van der Waals surface area (Å²) in [6, 6.07) is 6.31. The molecule has 21 heavy (non-hydrogen) atoms. The first-order valence-corrected chi connectivity index (χ1v) is 8.84. The van der Waals surface area contributed by atoms with Crippen molar-refractivity contribution in [2.45, 2.75) is 11.8 Å². The maximum absolute atomic E-state index is 12.1. The molecular formula is C13H17N3O3S2. The fraction of sp³-hybridized carbons (Fsp3) is 0.308. The standard InChI is InChI=1S/C13H17N3O3S2/c1-2-14-7-9-19-11-3-5-12(6-4-11)21(17,18)16-13-15-8-10-20-13/h3-6,8,10,14H,2,7,9H2,1H3,(H,15,16). The Balaban J connectivity index is 1.97. The second kappa shape index (κ2) is 7.39. The highest BCUT2D eigenvalue weighted by Gasteiger charge is 2.15. The minimum absolute atomic E-state index is 0.178. The van der Waals surface area contributed by atoms with Gasteiger partial charge in [-0.15, -0.1) is 11.3 Å². The molecule has 114 valence electrons. The van der Waals surface area contributed by atoms with Crippen molar-refractivity contribution in [3.05, 3.63) is 35.8 Å². The summed E-state index contributed by atoms with van der Waals surface area (Å²) in [6.07, 6.45) is 1.55.